The molecule has 0 rings (SSSR count). The zero-order chi connectivity index (χ0) is 13.7. The van der Waals surface area contributed by atoms with Gasteiger partial charge >= 0.3 is 18.2 Å². The first kappa shape index (κ1) is 16.0. The first-order valence-corrected chi connectivity index (χ1v) is 4.25. The Morgan fingerprint density at radius 1 is 0.941 bits per heavy atom. The number of alkyl halides is 7. The maximum Gasteiger partial charge on any atom is 0.462 e. The SMILES string of the molecule is C=COCCCOC(F)(F)C(F)(F)C(F)(F)F. The Morgan fingerprint density at radius 3 is 1.88 bits per heavy atom. The van der Waals surface area contributed by atoms with Crippen LogP contribution in [0.5, 0.6) is 0 Å². The van der Waals surface area contributed by atoms with E-state index >= 15 is 0 Å². The van der Waals surface area contributed by atoms with Crippen LogP contribution < -0.4 is 0 Å². The van der Waals surface area contributed by atoms with Gasteiger partial charge in [0.15, 0.2) is 0 Å². The van der Waals surface area contributed by atoms with Crippen LogP contribution in [-0.4, -0.2) is 31.4 Å². The van der Waals surface area contributed by atoms with Crippen molar-refractivity contribution in [1.82, 2.24) is 0 Å². The van der Waals surface area contributed by atoms with Crippen molar-refractivity contribution in [3.8, 4) is 0 Å². The number of hydrogen-bond donors (Lipinski definition) is 0. The number of halogens is 7. The summed E-state index contributed by atoms with van der Waals surface area (Å²) >= 11 is 0. The molecule has 9 heteroatoms. The molecule has 2 nitrogen and oxygen atoms in total. The van der Waals surface area contributed by atoms with Crippen LogP contribution in [-0.2, 0) is 9.47 Å². The Morgan fingerprint density at radius 2 is 1.47 bits per heavy atom. The van der Waals surface area contributed by atoms with Crippen molar-refractivity contribution >= 4 is 0 Å². The Hall–Kier alpha value is -0.990. The normalized spacial score (nSPS) is 13.6. The fraction of sp³-hybridized carbons (Fsp3) is 0.750. The molecule has 0 atom stereocenters. The highest BCUT2D eigenvalue weighted by molar-refractivity contribution is 4.84. The first-order chi connectivity index (χ1) is 7.56. The lowest BCUT2D eigenvalue weighted by atomic mass is 10.3. The molecule has 0 fully saturated rings. The standard InChI is InChI=1S/C8H9F7O2/c1-2-16-4-3-5-17-8(14,15)6(9,10)7(11,12)13/h2H,1,3-5H2. The smallest absolute Gasteiger partial charge is 0.462 e. The van der Waals surface area contributed by atoms with Gasteiger partial charge in [0.25, 0.3) is 0 Å². The largest absolute Gasteiger partial charge is 0.502 e. The van der Waals surface area contributed by atoms with Gasteiger partial charge in [-0.2, -0.15) is 30.7 Å². The number of rotatable bonds is 7. The Balaban J connectivity index is 4.32. The molecule has 0 aliphatic rings. The highest BCUT2D eigenvalue weighted by Crippen LogP contribution is 2.46. The summed E-state index contributed by atoms with van der Waals surface area (Å²) in [6.07, 6.45) is -11.3. The Kier molecular flexibility index (Phi) is 5.24. The molecule has 0 spiro atoms. The summed E-state index contributed by atoms with van der Waals surface area (Å²) in [5.74, 6) is -6.24. The van der Waals surface area contributed by atoms with E-state index in [9.17, 15) is 30.7 Å². The Labute approximate surface area is 92.0 Å². The van der Waals surface area contributed by atoms with E-state index in [4.69, 9.17) is 0 Å². The highest BCUT2D eigenvalue weighted by Gasteiger charge is 2.74. The van der Waals surface area contributed by atoms with Crippen LogP contribution in [0.3, 0.4) is 0 Å². The third kappa shape index (κ3) is 4.06. The van der Waals surface area contributed by atoms with Crippen LogP contribution in [0.25, 0.3) is 0 Å². The van der Waals surface area contributed by atoms with Crippen molar-refractivity contribution in [3.05, 3.63) is 12.8 Å². The second-order valence-corrected chi connectivity index (χ2v) is 2.83. The molecule has 0 aliphatic carbocycles. The van der Waals surface area contributed by atoms with Gasteiger partial charge in [-0.15, -0.1) is 0 Å². The average Bonchev–Trinajstić information content (AvgIpc) is 2.15. The summed E-state index contributed by atoms with van der Waals surface area (Å²) in [6.45, 7) is 1.91. The summed E-state index contributed by atoms with van der Waals surface area (Å²) in [5, 5.41) is 0. The van der Waals surface area contributed by atoms with E-state index in [0.717, 1.165) is 6.26 Å². The van der Waals surface area contributed by atoms with Gasteiger partial charge in [0.2, 0.25) is 0 Å². The van der Waals surface area contributed by atoms with E-state index in [0.29, 0.717) is 0 Å². The molecule has 0 aromatic carbocycles. The maximum atomic E-state index is 12.5. The van der Waals surface area contributed by atoms with Crippen molar-refractivity contribution in [2.45, 2.75) is 24.6 Å². The van der Waals surface area contributed by atoms with Crippen molar-refractivity contribution in [1.29, 1.82) is 0 Å². The van der Waals surface area contributed by atoms with E-state index in [2.05, 4.69) is 16.1 Å². The zero-order valence-electron chi connectivity index (χ0n) is 8.37. The predicted molar refractivity (Wildman–Crippen MR) is 42.7 cm³/mol. The lowest BCUT2D eigenvalue weighted by molar-refractivity contribution is -0.424. The van der Waals surface area contributed by atoms with E-state index < -0.39 is 24.8 Å². The third-order valence-corrected chi connectivity index (χ3v) is 1.53. The monoisotopic (exact) mass is 270 g/mol. The van der Waals surface area contributed by atoms with Crippen molar-refractivity contribution in [2.24, 2.45) is 0 Å². The zero-order valence-corrected chi connectivity index (χ0v) is 8.37. The fourth-order valence-electron chi connectivity index (χ4n) is 0.682. The van der Waals surface area contributed by atoms with E-state index in [1.807, 2.05) is 0 Å². The van der Waals surface area contributed by atoms with Gasteiger partial charge in [0.1, 0.15) is 0 Å². The van der Waals surface area contributed by atoms with Gasteiger partial charge in [0, 0.05) is 6.42 Å². The van der Waals surface area contributed by atoms with Crippen LogP contribution in [0.4, 0.5) is 30.7 Å². The van der Waals surface area contributed by atoms with E-state index in [1.165, 1.54) is 0 Å². The molecule has 0 aromatic heterocycles. The summed E-state index contributed by atoms with van der Waals surface area (Å²) in [5.41, 5.74) is 0. The van der Waals surface area contributed by atoms with E-state index in [-0.39, 0.29) is 13.0 Å². The molecule has 0 saturated carbocycles. The van der Waals surface area contributed by atoms with Crippen LogP contribution in [0.15, 0.2) is 12.8 Å². The quantitative estimate of drug-likeness (QED) is 0.401. The lowest BCUT2D eigenvalue weighted by Gasteiger charge is -2.27. The first-order valence-electron chi connectivity index (χ1n) is 4.25. The summed E-state index contributed by atoms with van der Waals surface area (Å²) < 4.78 is 91.9. The summed E-state index contributed by atoms with van der Waals surface area (Å²) in [7, 11) is 0. The predicted octanol–water partition coefficient (Wildman–Crippen LogP) is 3.34. The topological polar surface area (TPSA) is 18.5 Å². The van der Waals surface area contributed by atoms with Crippen LogP contribution in [0, 0.1) is 0 Å². The van der Waals surface area contributed by atoms with E-state index in [1.54, 1.807) is 0 Å². The molecular weight excluding hydrogens is 261 g/mol. The minimum absolute atomic E-state index is 0.183. The van der Waals surface area contributed by atoms with Crippen molar-refractivity contribution in [2.75, 3.05) is 13.2 Å². The van der Waals surface area contributed by atoms with Gasteiger partial charge in [-0.05, 0) is 0 Å². The average molecular weight is 270 g/mol. The molecule has 0 aliphatic heterocycles. The van der Waals surface area contributed by atoms with Gasteiger partial charge in [-0.3, -0.25) is 0 Å². The number of ether oxygens (including phenoxy) is 2. The molecule has 0 N–H and O–H groups in total. The van der Waals surface area contributed by atoms with Crippen LogP contribution in [0.1, 0.15) is 6.42 Å². The second kappa shape index (κ2) is 5.56. The summed E-state index contributed by atoms with van der Waals surface area (Å²) in [4.78, 5) is 0. The molecular formula is C8H9F7O2. The van der Waals surface area contributed by atoms with Gasteiger partial charge in [-0.1, -0.05) is 6.58 Å². The molecule has 0 heterocycles. The van der Waals surface area contributed by atoms with Gasteiger partial charge < -0.3 is 9.47 Å². The number of hydrogen-bond acceptors (Lipinski definition) is 2. The summed E-state index contributed by atoms with van der Waals surface area (Å²) in [6, 6.07) is 0. The molecule has 0 saturated heterocycles. The molecule has 0 aromatic rings. The Bertz CT molecular complexity index is 249. The minimum Gasteiger partial charge on any atom is -0.502 e. The minimum atomic E-state index is -6.38. The molecule has 0 bridgehead atoms. The third-order valence-electron chi connectivity index (χ3n) is 1.53. The lowest BCUT2D eigenvalue weighted by Crippen LogP contribution is -2.53. The van der Waals surface area contributed by atoms with Crippen molar-refractivity contribution in [3.63, 3.8) is 0 Å². The van der Waals surface area contributed by atoms with Gasteiger partial charge in [0.05, 0.1) is 19.5 Å². The maximum absolute atomic E-state index is 12.5. The molecule has 0 amide bonds. The molecule has 0 radical (unpaired) electrons. The highest BCUT2D eigenvalue weighted by atomic mass is 19.4. The van der Waals surface area contributed by atoms with Gasteiger partial charge in [-0.25, -0.2) is 0 Å². The van der Waals surface area contributed by atoms with Crippen molar-refractivity contribution < 1.29 is 40.2 Å². The second-order valence-electron chi connectivity index (χ2n) is 2.83. The fourth-order valence-corrected chi connectivity index (χ4v) is 0.682. The van der Waals surface area contributed by atoms with Crippen LogP contribution >= 0.6 is 0 Å². The molecule has 17 heavy (non-hydrogen) atoms. The molecule has 102 valence electrons. The molecule has 0 unspecified atom stereocenters. The van der Waals surface area contributed by atoms with Crippen LogP contribution in [0.2, 0.25) is 0 Å².